The van der Waals surface area contributed by atoms with E-state index in [1.54, 1.807) is 31.6 Å². The quantitative estimate of drug-likeness (QED) is 0.852. The van der Waals surface area contributed by atoms with E-state index in [0.717, 1.165) is 11.3 Å². The molecule has 6 heteroatoms. The maximum Gasteiger partial charge on any atom is 0.253 e. The molecule has 0 aliphatic carbocycles. The Hall–Kier alpha value is -1.76. The van der Waals surface area contributed by atoms with E-state index in [1.807, 2.05) is 17.5 Å². The molecule has 5 nitrogen and oxygen atoms in total. The summed E-state index contributed by atoms with van der Waals surface area (Å²) < 4.78 is 0. The van der Waals surface area contributed by atoms with Crippen molar-refractivity contribution in [1.82, 2.24) is 9.88 Å². The van der Waals surface area contributed by atoms with Crippen molar-refractivity contribution < 1.29 is 15.0 Å². The third-order valence-corrected chi connectivity index (χ3v) is 4.18. The summed E-state index contributed by atoms with van der Waals surface area (Å²) >= 11 is 1.53. The number of nitrogens with zero attached hydrogens (tertiary/aromatic N) is 2. The normalized spacial score (nSPS) is 11.5. The first-order valence-corrected chi connectivity index (χ1v) is 7.89. The molecule has 1 amide bonds. The molecular formula is C16H20N2O3S. The molecule has 2 N–H and O–H groups in total. The van der Waals surface area contributed by atoms with Crippen LogP contribution in [-0.2, 0) is 0 Å². The first-order chi connectivity index (χ1) is 10.5. The van der Waals surface area contributed by atoms with Gasteiger partial charge in [0.1, 0.15) is 0 Å². The lowest BCUT2D eigenvalue weighted by Crippen LogP contribution is -2.41. The van der Waals surface area contributed by atoms with E-state index in [9.17, 15) is 15.0 Å². The Morgan fingerprint density at radius 3 is 2.41 bits per heavy atom. The van der Waals surface area contributed by atoms with Gasteiger partial charge in [0.2, 0.25) is 0 Å². The standard InChI is InChI=1S/C16H20N2O3S/c1-16(9-19,10-20)8-18(2)15(21)13-5-3-12(4-6-13)14-7-22-11-17-14/h3-7,11,19-20H,8-10H2,1-2H3. The number of hydrogen-bond donors (Lipinski definition) is 2. The Balaban J connectivity index is 2.09. The molecule has 1 aromatic heterocycles. The molecule has 0 aliphatic heterocycles. The van der Waals surface area contributed by atoms with Gasteiger partial charge in [0.05, 0.1) is 24.4 Å². The lowest BCUT2D eigenvalue weighted by molar-refractivity contribution is 0.0366. The van der Waals surface area contributed by atoms with Crippen LogP contribution in [0.25, 0.3) is 11.3 Å². The summed E-state index contributed by atoms with van der Waals surface area (Å²) in [7, 11) is 1.67. The van der Waals surface area contributed by atoms with E-state index in [-0.39, 0.29) is 25.7 Å². The van der Waals surface area contributed by atoms with Gasteiger partial charge in [-0.2, -0.15) is 0 Å². The van der Waals surface area contributed by atoms with Gasteiger partial charge >= 0.3 is 0 Å². The highest BCUT2D eigenvalue weighted by atomic mass is 32.1. The van der Waals surface area contributed by atoms with Gasteiger partial charge in [0.15, 0.2) is 0 Å². The highest BCUT2D eigenvalue weighted by Crippen LogP contribution is 2.21. The molecule has 1 aromatic carbocycles. The third-order valence-electron chi connectivity index (χ3n) is 3.59. The van der Waals surface area contributed by atoms with Crippen LogP contribution in [0.5, 0.6) is 0 Å². The van der Waals surface area contributed by atoms with Crippen LogP contribution in [-0.4, -0.2) is 52.8 Å². The van der Waals surface area contributed by atoms with Crippen molar-refractivity contribution in [2.24, 2.45) is 5.41 Å². The van der Waals surface area contributed by atoms with Gasteiger partial charge in [-0.15, -0.1) is 11.3 Å². The van der Waals surface area contributed by atoms with Gasteiger partial charge < -0.3 is 15.1 Å². The molecule has 0 fully saturated rings. The molecule has 0 saturated heterocycles. The highest BCUT2D eigenvalue weighted by molar-refractivity contribution is 7.07. The Bertz CT molecular complexity index is 607. The number of thiazole rings is 1. The van der Waals surface area contributed by atoms with Crippen LogP contribution in [0, 0.1) is 5.41 Å². The largest absolute Gasteiger partial charge is 0.396 e. The van der Waals surface area contributed by atoms with Crippen LogP contribution in [0.2, 0.25) is 0 Å². The molecular weight excluding hydrogens is 300 g/mol. The topological polar surface area (TPSA) is 73.7 Å². The number of aliphatic hydroxyl groups is 2. The van der Waals surface area contributed by atoms with Crippen LogP contribution in [0.3, 0.4) is 0 Å². The van der Waals surface area contributed by atoms with Crippen molar-refractivity contribution >= 4 is 17.2 Å². The summed E-state index contributed by atoms with van der Waals surface area (Å²) in [6.45, 7) is 1.67. The number of aliphatic hydroxyl groups excluding tert-OH is 2. The predicted octanol–water partition coefficient (Wildman–Crippen LogP) is 1.87. The number of carbonyl (C=O) groups excluding carboxylic acids is 1. The van der Waals surface area contributed by atoms with Crippen LogP contribution in [0.4, 0.5) is 0 Å². The summed E-state index contributed by atoms with van der Waals surface area (Å²) in [4.78, 5) is 18.2. The first kappa shape index (κ1) is 16.6. The number of aromatic nitrogens is 1. The van der Waals surface area contributed by atoms with E-state index < -0.39 is 5.41 Å². The van der Waals surface area contributed by atoms with Crippen LogP contribution >= 0.6 is 11.3 Å². The molecule has 0 saturated carbocycles. The molecule has 0 bridgehead atoms. The number of carbonyl (C=O) groups is 1. The third kappa shape index (κ3) is 3.71. The maximum absolute atomic E-state index is 12.4. The molecule has 1 heterocycles. The first-order valence-electron chi connectivity index (χ1n) is 6.95. The summed E-state index contributed by atoms with van der Waals surface area (Å²) in [6.07, 6.45) is 0. The zero-order valence-corrected chi connectivity index (χ0v) is 13.5. The summed E-state index contributed by atoms with van der Waals surface area (Å²) in [6, 6.07) is 7.27. The van der Waals surface area contributed by atoms with Crippen molar-refractivity contribution in [1.29, 1.82) is 0 Å². The SMILES string of the molecule is CN(CC(C)(CO)CO)C(=O)c1ccc(-c2cscn2)cc1. The van der Waals surface area contributed by atoms with Crippen molar-refractivity contribution in [2.45, 2.75) is 6.92 Å². The zero-order valence-electron chi connectivity index (χ0n) is 12.7. The molecule has 0 radical (unpaired) electrons. The Kier molecular flexibility index (Phi) is 5.28. The van der Waals surface area contributed by atoms with Gasteiger partial charge in [0, 0.05) is 35.5 Å². The molecule has 0 aliphatic rings. The molecule has 0 atom stereocenters. The van der Waals surface area contributed by atoms with E-state index in [2.05, 4.69) is 4.98 Å². The maximum atomic E-state index is 12.4. The minimum absolute atomic E-state index is 0.141. The molecule has 2 rings (SSSR count). The lowest BCUT2D eigenvalue weighted by Gasteiger charge is -2.30. The monoisotopic (exact) mass is 320 g/mol. The fraction of sp³-hybridized carbons (Fsp3) is 0.375. The Morgan fingerprint density at radius 2 is 1.91 bits per heavy atom. The Morgan fingerprint density at radius 1 is 1.27 bits per heavy atom. The fourth-order valence-corrected chi connectivity index (χ4v) is 2.71. The molecule has 2 aromatic rings. The predicted molar refractivity (Wildman–Crippen MR) is 86.8 cm³/mol. The zero-order chi connectivity index (χ0) is 16.2. The number of benzene rings is 1. The minimum atomic E-state index is -0.703. The molecule has 22 heavy (non-hydrogen) atoms. The van der Waals surface area contributed by atoms with E-state index in [1.165, 1.54) is 16.2 Å². The van der Waals surface area contributed by atoms with Crippen molar-refractivity contribution in [3.63, 3.8) is 0 Å². The average molecular weight is 320 g/mol. The van der Waals surface area contributed by atoms with Gasteiger partial charge in [-0.3, -0.25) is 4.79 Å². The van der Waals surface area contributed by atoms with Gasteiger partial charge in [-0.25, -0.2) is 4.98 Å². The lowest BCUT2D eigenvalue weighted by atomic mass is 9.92. The second kappa shape index (κ2) is 7.00. The van der Waals surface area contributed by atoms with Crippen LogP contribution in [0.15, 0.2) is 35.2 Å². The summed E-state index contributed by atoms with van der Waals surface area (Å²) in [5.41, 5.74) is 3.50. The number of rotatable bonds is 6. The minimum Gasteiger partial charge on any atom is -0.396 e. The molecule has 0 unspecified atom stereocenters. The van der Waals surface area contributed by atoms with Gasteiger partial charge in [-0.05, 0) is 12.1 Å². The number of hydrogen-bond acceptors (Lipinski definition) is 5. The number of amides is 1. The molecule has 0 spiro atoms. The van der Waals surface area contributed by atoms with Gasteiger partial charge in [0.25, 0.3) is 5.91 Å². The van der Waals surface area contributed by atoms with Crippen molar-refractivity contribution in [3.05, 3.63) is 40.7 Å². The summed E-state index contributed by atoms with van der Waals surface area (Å²) in [5, 5.41) is 20.6. The van der Waals surface area contributed by atoms with E-state index >= 15 is 0 Å². The second-order valence-electron chi connectivity index (χ2n) is 5.74. The smallest absolute Gasteiger partial charge is 0.253 e. The van der Waals surface area contributed by atoms with E-state index in [0.29, 0.717) is 5.56 Å². The fourth-order valence-electron chi connectivity index (χ4n) is 2.15. The Labute approximate surface area is 133 Å². The van der Waals surface area contributed by atoms with Crippen molar-refractivity contribution in [2.75, 3.05) is 26.8 Å². The van der Waals surface area contributed by atoms with Gasteiger partial charge in [-0.1, -0.05) is 19.1 Å². The second-order valence-corrected chi connectivity index (χ2v) is 6.46. The van der Waals surface area contributed by atoms with Crippen molar-refractivity contribution in [3.8, 4) is 11.3 Å². The van der Waals surface area contributed by atoms with Crippen LogP contribution < -0.4 is 0 Å². The summed E-state index contributed by atoms with van der Waals surface area (Å²) in [5.74, 6) is -0.141. The highest BCUT2D eigenvalue weighted by Gasteiger charge is 2.26. The van der Waals surface area contributed by atoms with Crippen LogP contribution in [0.1, 0.15) is 17.3 Å². The van der Waals surface area contributed by atoms with E-state index in [4.69, 9.17) is 0 Å². The molecule has 118 valence electrons. The average Bonchev–Trinajstić information content (AvgIpc) is 3.08.